The number of rotatable bonds is 5. The lowest BCUT2D eigenvalue weighted by Gasteiger charge is -2.23. The minimum Gasteiger partial charge on any atom is -0.315 e. The fourth-order valence-electron chi connectivity index (χ4n) is 1.51. The van der Waals surface area contributed by atoms with Crippen molar-refractivity contribution in [3.8, 4) is 0 Å². The normalized spacial score (nSPS) is 11.7. The van der Waals surface area contributed by atoms with E-state index in [4.69, 9.17) is 0 Å². The van der Waals surface area contributed by atoms with Gasteiger partial charge in [0, 0.05) is 5.54 Å². The maximum absolute atomic E-state index is 12.6. The van der Waals surface area contributed by atoms with Gasteiger partial charge in [-0.1, -0.05) is 12.1 Å². The van der Waals surface area contributed by atoms with E-state index >= 15 is 0 Å². The molecule has 0 amide bonds. The summed E-state index contributed by atoms with van der Waals surface area (Å²) in [4.78, 5) is 0. The Labute approximate surface area is 91.7 Å². The summed E-state index contributed by atoms with van der Waals surface area (Å²) < 4.78 is 12.6. The first-order valence-electron chi connectivity index (χ1n) is 5.47. The molecule has 1 N–H and O–H groups in total. The van der Waals surface area contributed by atoms with Crippen LogP contribution in [0.15, 0.2) is 24.3 Å². The molecule has 0 saturated carbocycles. The summed E-state index contributed by atoms with van der Waals surface area (Å²) in [6.07, 6.45) is 3.27. The van der Waals surface area contributed by atoms with E-state index in [1.807, 2.05) is 19.2 Å². The quantitative estimate of drug-likeness (QED) is 0.785. The molecule has 0 bridgehead atoms. The van der Waals surface area contributed by atoms with Crippen LogP contribution in [0, 0.1) is 5.82 Å². The van der Waals surface area contributed by atoms with E-state index in [2.05, 4.69) is 19.2 Å². The minimum absolute atomic E-state index is 0.158. The van der Waals surface area contributed by atoms with Gasteiger partial charge in [0.25, 0.3) is 0 Å². The van der Waals surface area contributed by atoms with Crippen LogP contribution >= 0.6 is 0 Å². The van der Waals surface area contributed by atoms with Gasteiger partial charge in [-0.2, -0.15) is 0 Å². The van der Waals surface area contributed by atoms with E-state index < -0.39 is 0 Å². The molecule has 0 aliphatic carbocycles. The zero-order valence-electron chi connectivity index (χ0n) is 9.81. The second kappa shape index (κ2) is 5.26. The van der Waals surface area contributed by atoms with Gasteiger partial charge in [0.15, 0.2) is 0 Å². The fourth-order valence-corrected chi connectivity index (χ4v) is 1.51. The summed E-state index contributed by atoms with van der Waals surface area (Å²) in [5, 5.41) is 3.28. The number of hydrogen-bond donors (Lipinski definition) is 1. The molecule has 84 valence electrons. The highest BCUT2D eigenvalue weighted by Gasteiger charge is 2.13. The summed E-state index contributed by atoms with van der Waals surface area (Å²) in [7, 11) is 1.98. The second-order valence-electron chi connectivity index (χ2n) is 4.61. The van der Waals surface area contributed by atoms with Crippen molar-refractivity contribution in [3.63, 3.8) is 0 Å². The first kappa shape index (κ1) is 12.2. The summed E-state index contributed by atoms with van der Waals surface area (Å²) in [6.45, 7) is 4.38. The molecular formula is C13H20FN. The zero-order valence-corrected chi connectivity index (χ0v) is 9.81. The van der Waals surface area contributed by atoms with Gasteiger partial charge in [0.2, 0.25) is 0 Å². The van der Waals surface area contributed by atoms with Crippen molar-refractivity contribution in [1.29, 1.82) is 0 Å². The first-order valence-corrected chi connectivity index (χ1v) is 5.47. The monoisotopic (exact) mass is 209 g/mol. The van der Waals surface area contributed by atoms with Crippen LogP contribution in [0.2, 0.25) is 0 Å². The minimum atomic E-state index is -0.158. The lowest BCUT2D eigenvalue weighted by molar-refractivity contribution is 0.382. The third-order valence-electron chi connectivity index (χ3n) is 2.86. The zero-order chi connectivity index (χ0) is 11.3. The van der Waals surface area contributed by atoms with Crippen LogP contribution < -0.4 is 5.32 Å². The molecule has 0 radical (unpaired) electrons. The molecule has 1 aromatic rings. The maximum Gasteiger partial charge on any atom is 0.123 e. The summed E-state index contributed by atoms with van der Waals surface area (Å²) >= 11 is 0. The molecule has 15 heavy (non-hydrogen) atoms. The molecule has 0 aromatic heterocycles. The van der Waals surface area contributed by atoms with Gasteiger partial charge in [-0.15, -0.1) is 0 Å². The molecule has 0 saturated heterocycles. The summed E-state index contributed by atoms with van der Waals surface area (Å²) in [6, 6.07) is 6.78. The summed E-state index contributed by atoms with van der Waals surface area (Å²) in [5.41, 5.74) is 1.41. The van der Waals surface area contributed by atoms with Crippen LogP contribution in [-0.4, -0.2) is 12.6 Å². The van der Waals surface area contributed by atoms with Crippen LogP contribution in [-0.2, 0) is 6.42 Å². The highest BCUT2D eigenvalue weighted by molar-refractivity contribution is 5.16. The lowest BCUT2D eigenvalue weighted by Crippen LogP contribution is -2.35. The molecule has 0 spiro atoms. The Morgan fingerprint density at radius 3 is 2.33 bits per heavy atom. The lowest BCUT2D eigenvalue weighted by atomic mass is 9.96. The SMILES string of the molecule is CNC(C)(C)CCCc1ccc(F)cc1. The summed E-state index contributed by atoms with van der Waals surface area (Å²) in [5.74, 6) is -0.158. The Hall–Kier alpha value is -0.890. The van der Waals surface area contributed by atoms with Crippen molar-refractivity contribution in [2.24, 2.45) is 0 Å². The van der Waals surface area contributed by atoms with Gasteiger partial charge in [-0.25, -0.2) is 4.39 Å². The molecule has 0 atom stereocenters. The van der Waals surface area contributed by atoms with E-state index in [9.17, 15) is 4.39 Å². The Balaban J connectivity index is 2.35. The van der Waals surface area contributed by atoms with Crippen molar-refractivity contribution in [2.45, 2.75) is 38.6 Å². The van der Waals surface area contributed by atoms with E-state index in [1.54, 1.807) is 0 Å². The Morgan fingerprint density at radius 2 is 1.80 bits per heavy atom. The average Bonchev–Trinajstić information content (AvgIpc) is 2.21. The molecule has 1 rings (SSSR count). The van der Waals surface area contributed by atoms with Crippen molar-refractivity contribution >= 4 is 0 Å². The molecule has 0 aliphatic heterocycles. The number of benzene rings is 1. The second-order valence-corrected chi connectivity index (χ2v) is 4.61. The van der Waals surface area contributed by atoms with Gasteiger partial charge in [-0.05, 0) is 57.9 Å². The van der Waals surface area contributed by atoms with Crippen molar-refractivity contribution < 1.29 is 4.39 Å². The highest BCUT2D eigenvalue weighted by Crippen LogP contribution is 2.13. The van der Waals surface area contributed by atoms with Gasteiger partial charge < -0.3 is 5.32 Å². The molecule has 2 heteroatoms. The van der Waals surface area contributed by atoms with E-state index in [1.165, 1.54) is 17.7 Å². The van der Waals surface area contributed by atoms with Gasteiger partial charge in [0.1, 0.15) is 5.82 Å². The maximum atomic E-state index is 12.6. The van der Waals surface area contributed by atoms with Crippen LogP contribution in [0.3, 0.4) is 0 Å². The van der Waals surface area contributed by atoms with Crippen molar-refractivity contribution in [1.82, 2.24) is 5.32 Å². The number of hydrogen-bond acceptors (Lipinski definition) is 1. The fraction of sp³-hybridized carbons (Fsp3) is 0.538. The third kappa shape index (κ3) is 4.43. The standard InChI is InChI=1S/C13H20FN/c1-13(2,15-3)10-4-5-11-6-8-12(14)9-7-11/h6-9,15H,4-5,10H2,1-3H3. The molecular weight excluding hydrogens is 189 g/mol. The van der Waals surface area contributed by atoms with Crippen molar-refractivity contribution in [3.05, 3.63) is 35.6 Å². The molecule has 0 aliphatic rings. The smallest absolute Gasteiger partial charge is 0.123 e. The largest absolute Gasteiger partial charge is 0.315 e. The number of halogens is 1. The average molecular weight is 209 g/mol. The van der Waals surface area contributed by atoms with Crippen LogP contribution in [0.5, 0.6) is 0 Å². The van der Waals surface area contributed by atoms with E-state index in [-0.39, 0.29) is 11.4 Å². The first-order chi connectivity index (χ1) is 7.03. The number of nitrogens with one attached hydrogen (secondary N) is 1. The molecule has 1 aromatic carbocycles. The number of aryl methyl sites for hydroxylation is 1. The van der Waals surface area contributed by atoms with Gasteiger partial charge >= 0.3 is 0 Å². The Kier molecular flexibility index (Phi) is 4.28. The van der Waals surface area contributed by atoms with Gasteiger partial charge in [0.05, 0.1) is 0 Å². The predicted molar refractivity (Wildman–Crippen MR) is 62.5 cm³/mol. The topological polar surface area (TPSA) is 12.0 Å². The van der Waals surface area contributed by atoms with E-state index in [0.717, 1.165) is 19.3 Å². The highest BCUT2D eigenvalue weighted by atomic mass is 19.1. The van der Waals surface area contributed by atoms with Crippen LogP contribution in [0.1, 0.15) is 32.3 Å². The third-order valence-corrected chi connectivity index (χ3v) is 2.86. The molecule has 0 heterocycles. The Bertz CT molecular complexity index is 290. The van der Waals surface area contributed by atoms with Crippen LogP contribution in [0.25, 0.3) is 0 Å². The van der Waals surface area contributed by atoms with Gasteiger partial charge in [-0.3, -0.25) is 0 Å². The predicted octanol–water partition coefficient (Wildman–Crippen LogP) is 3.15. The van der Waals surface area contributed by atoms with Crippen molar-refractivity contribution in [2.75, 3.05) is 7.05 Å². The van der Waals surface area contributed by atoms with Crippen LogP contribution in [0.4, 0.5) is 4.39 Å². The molecule has 0 fully saturated rings. The van der Waals surface area contributed by atoms with E-state index in [0.29, 0.717) is 0 Å². The molecule has 1 nitrogen and oxygen atoms in total. The Morgan fingerprint density at radius 1 is 1.20 bits per heavy atom. The molecule has 0 unspecified atom stereocenters.